The van der Waals surface area contributed by atoms with E-state index in [1.165, 1.54) is 11.3 Å². The zero-order valence-corrected chi connectivity index (χ0v) is 8.99. The number of aliphatic hydroxyl groups excluding tert-OH is 1. The number of hydrogen-bond acceptors (Lipinski definition) is 2. The SMILES string of the molecule is CC(O)c1cccc2c1N(C)C(C)C2. The summed E-state index contributed by atoms with van der Waals surface area (Å²) in [5.41, 5.74) is 3.64. The minimum absolute atomic E-state index is 0.377. The number of para-hydroxylation sites is 1. The molecule has 2 rings (SSSR count). The molecule has 0 aromatic heterocycles. The van der Waals surface area contributed by atoms with Gasteiger partial charge in [0, 0.05) is 24.3 Å². The number of likely N-dealkylation sites (N-methyl/N-ethyl adjacent to an activating group) is 1. The minimum Gasteiger partial charge on any atom is -0.389 e. The molecule has 0 saturated heterocycles. The van der Waals surface area contributed by atoms with Gasteiger partial charge < -0.3 is 10.0 Å². The van der Waals surface area contributed by atoms with Gasteiger partial charge in [-0.2, -0.15) is 0 Å². The second-order valence-electron chi connectivity index (χ2n) is 4.19. The predicted octanol–water partition coefficient (Wildman–Crippen LogP) is 2.12. The van der Waals surface area contributed by atoms with E-state index in [0.717, 1.165) is 12.0 Å². The molecule has 0 aliphatic carbocycles. The van der Waals surface area contributed by atoms with Crippen LogP contribution in [0.3, 0.4) is 0 Å². The lowest BCUT2D eigenvalue weighted by atomic mass is 10.0. The van der Waals surface area contributed by atoms with Crippen molar-refractivity contribution in [3.63, 3.8) is 0 Å². The Hall–Kier alpha value is -1.02. The van der Waals surface area contributed by atoms with Crippen molar-refractivity contribution < 1.29 is 5.11 Å². The molecule has 14 heavy (non-hydrogen) atoms. The lowest BCUT2D eigenvalue weighted by Crippen LogP contribution is -2.24. The van der Waals surface area contributed by atoms with Crippen molar-refractivity contribution in [2.45, 2.75) is 32.4 Å². The Bertz CT molecular complexity index is 346. The fourth-order valence-corrected chi connectivity index (χ4v) is 2.22. The Labute approximate surface area is 85.2 Å². The maximum atomic E-state index is 9.67. The van der Waals surface area contributed by atoms with Crippen LogP contribution in [0.1, 0.15) is 31.1 Å². The van der Waals surface area contributed by atoms with Gasteiger partial charge in [0.25, 0.3) is 0 Å². The van der Waals surface area contributed by atoms with Crippen LogP contribution in [-0.2, 0) is 6.42 Å². The molecule has 1 heterocycles. The average molecular weight is 191 g/mol. The van der Waals surface area contributed by atoms with Crippen LogP contribution in [0, 0.1) is 0 Å². The molecule has 0 amide bonds. The Morgan fingerprint density at radius 3 is 2.86 bits per heavy atom. The van der Waals surface area contributed by atoms with Gasteiger partial charge >= 0.3 is 0 Å². The van der Waals surface area contributed by atoms with Crippen LogP contribution < -0.4 is 4.90 Å². The Morgan fingerprint density at radius 2 is 2.21 bits per heavy atom. The minimum atomic E-state index is -0.377. The van der Waals surface area contributed by atoms with E-state index in [2.05, 4.69) is 24.9 Å². The zero-order valence-electron chi connectivity index (χ0n) is 8.99. The quantitative estimate of drug-likeness (QED) is 0.735. The summed E-state index contributed by atoms with van der Waals surface area (Å²) in [5, 5.41) is 9.67. The molecule has 76 valence electrons. The molecule has 1 aliphatic rings. The van der Waals surface area contributed by atoms with Crippen molar-refractivity contribution in [1.29, 1.82) is 0 Å². The van der Waals surface area contributed by atoms with E-state index >= 15 is 0 Å². The summed E-state index contributed by atoms with van der Waals surface area (Å²) in [7, 11) is 2.10. The summed E-state index contributed by atoms with van der Waals surface area (Å²) in [4.78, 5) is 2.26. The van der Waals surface area contributed by atoms with Crippen molar-refractivity contribution in [3.8, 4) is 0 Å². The Kier molecular flexibility index (Phi) is 2.23. The maximum Gasteiger partial charge on any atom is 0.0782 e. The van der Waals surface area contributed by atoms with Gasteiger partial charge in [-0.05, 0) is 25.8 Å². The average Bonchev–Trinajstić information content (AvgIpc) is 2.43. The smallest absolute Gasteiger partial charge is 0.0782 e. The Balaban J connectivity index is 2.52. The molecule has 1 aliphatic heterocycles. The molecule has 2 nitrogen and oxygen atoms in total. The first-order valence-corrected chi connectivity index (χ1v) is 5.14. The lowest BCUT2D eigenvalue weighted by molar-refractivity contribution is 0.199. The molecule has 2 heteroatoms. The van der Waals surface area contributed by atoms with E-state index < -0.39 is 0 Å². The number of anilines is 1. The van der Waals surface area contributed by atoms with Gasteiger partial charge in [-0.15, -0.1) is 0 Å². The maximum absolute atomic E-state index is 9.67. The third-order valence-electron chi connectivity index (χ3n) is 3.13. The van der Waals surface area contributed by atoms with Gasteiger partial charge in [-0.25, -0.2) is 0 Å². The van der Waals surface area contributed by atoms with Gasteiger partial charge in [-0.3, -0.25) is 0 Å². The second-order valence-corrected chi connectivity index (χ2v) is 4.19. The van der Waals surface area contributed by atoms with Crippen LogP contribution in [0.2, 0.25) is 0 Å². The van der Waals surface area contributed by atoms with E-state index in [-0.39, 0.29) is 6.10 Å². The molecule has 1 aromatic rings. The molecule has 0 spiro atoms. The molecule has 0 fully saturated rings. The highest BCUT2D eigenvalue weighted by molar-refractivity contribution is 5.64. The van der Waals surface area contributed by atoms with E-state index in [0.29, 0.717) is 6.04 Å². The topological polar surface area (TPSA) is 23.5 Å². The number of benzene rings is 1. The lowest BCUT2D eigenvalue weighted by Gasteiger charge is -2.22. The summed E-state index contributed by atoms with van der Waals surface area (Å²) >= 11 is 0. The van der Waals surface area contributed by atoms with E-state index in [1.807, 2.05) is 19.1 Å². The molecule has 0 radical (unpaired) electrons. The third kappa shape index (κ3) is 1.30. The molecule has 1 N–H and O–H groups in total. The summed E-state index contributed by atoms with van der Waals surface area (Å²) in [5.74, 6) is 0. The molecule has 0 saturated carbocycles. The zero-order chi connectivity index (χ0) is 10.3. The molecule has 0 bridgehead atoms. The van der Waals surface area contributed by atoms with Crippen molar-refractivity contribution in [2.24, 2.45) is 0 Å². The van der Waals surface area contributed by atoms with Crippen LogP contribution in [0.5, 0.6) is 0 Å². The van der Waals surface area contributed by atoms with Crippen LogP contribution >= 0.6 is 0 Å². The fraction of sp³-hybridized carbons (Fsp3) is 0.500. The molecule has 2 atom stereocenters. The normalized spacial score (nSPS) is 22.3. The van der Waals surface area contributed by atoms with Gasteiger partial charge in [0.15, 0.2) is 0 Å². The van der Waals surface area contributed by atoms with Crippen LogP contribution in [0.15, 0.2) is 18.2 Å². The highest BCUT2D eigenvalue weighted by Crippen LogP contribution is 2.36. The van der Waals surface area contributed by atoms with Crippen LogP contribution in [0.25, 0.3) is 0 Å². The largest absolute Gasteiger partial charge is 0.389 e. The number of hydrogen-bond donors (Lipinski definition) is 1. The van der Waals surface area contributed by atoms with Crippen molar-refractivity contribution >= 4 is 5.69 Å². The van der Waals surface area contributed by atoms with Crippen molar-refractivity contribution in [3.05, 3.63) is 29.3 Å². The highest BCUT2D eigenvalue weighted by Gasteiger charge is 2.26. The summed E-state index contributed by atoms with van der Waals surface area (Å²) < 4.78 is 0. The van der Waals surface area contributed by atoms with E-state index in [4.69, 9.17) is 0 Å². The number of rotatable bonds is 1. The predicted molar refractivity (Wildman–Crippen MR) is 58.6 cm³/mol. The molecular weight excluding hydrogens is 174 g/mol. The first kappa shape index (κ1) is 9.53. The first-order chi connectivity index (χ1) is 6.61. The van der Waals surface area contributed by atoms with Gasteiger partial charge in [0.1, 0.15) is 0 Å². The van der Waals surface area contributed by atoms with E-state index in [1.54, 1.807) is 0 Å². The summed E-state index contributed by atoms with van der Waals surface area (Å²) in [6.45, 7) is 4.04. The summed E-state index contributed by atoms with van der Waals surface area (Å²) in [6, 6.07) is 6.75. The Morgan fingerprint density at radius 1 is 1.50 bits per heavy atom. The van der Waals surface area contributed by atoms with Crippen molar-refractivity contribution in [2.75, 3.05) is 11.9 Å². The summed E-state index contributed by atoms with van der Waals surface area (Å²) in [6.07, 6.45) is 0.713. The van der Waals surface area contributed by atoms with Crippen molar-refractivity contribution in [1.82, 2.24) is 0 Å². The van der Waals surface area contributed by atoms with Gasteiger partial charge in [-0.1, -0.05) is 18.2 Å². The van der Waals surface area contributed by atoms with Crippen LogP contribution in [0.4, 0.5) is 5.69 Å². The number of nitrogens with zero attached hydrogens (tertiary/aromatic N) is 1. The molecule has 1 aromatic carbocycles. The number of aliphatic hydroxyl groups is 1. The molecule has 2 unspecified atom stereocenters. The van der Waals surface area contributed by atoms with Gasteiger partial charge in [0.2, 0.25) is 0 Å². The fourth-order valence-electron chi connectivity index (χ4n) is 2.22. The standard InChI is InChI=1S/C12H17NO/c1-8-7-10-5-4-6-11(9(2)14)12(10)13(8)3/h4-6,8-9,14H,7H2,1-3H3. The highest BCUT2D eigenvalue weighted by atomic mass is 16.3. The number of fused-ring (bicyclic) bond motifs is 1. The second kappa shape index (κ2) is 3.28. The van der Waals surface area contributed by atoms with Crippen LogP contribution in [-0.4, -0.2) is 18.2 Å². The molecular formula is C12H17NO. The first-order valence-electron chi connectivity index (χ1n) is 5.14. The van der Waals surface area contributed by atoms with Gasteiger partial charge in [0.05, 0.1) is 6.10 Å². The monoisotopic (exact) mass is 191 g/mol. The third-order valence-corrected chi connectivity index (χ3v) is 3.13. The van der Waals surface area contributed by atoms with E-state index in [9.17, 15) is 5.11 Å².